The molecule has 132 valence electrons. The van der Waals surface area contributed by atoms with Crippen LogP contribution in [0.15, 0.2) is 42.6 Å². The minimum Gasteiger partial charge on any atom is -0.372 e. The lowest BCUT2D eigenvalue weighted by Gasteiger charge is -2.33. The van der Waals surface area contributed by atoms with E-state index in [2.05, 4.69) is 34.4 Å². The Morgan fingerprint density at radius 2 is 1.92 bits per heavy atom. The Kier molecular flexibility index (Phi) is 5.64. The van der Waals surface area contributed by atoms with Crippen molar-refractivity contribution in [2.45, 2.75) is 44.7 Å². The Bertz CT molecular complexity index is 711. The molecule has 1 aliphatic carbocycles. The van der Waals surface area contributed by atoms with Gasteiger partial charge >= 0.3 is 0 Å². The van der Waals surface area contributed by atoms with E-state index in [0.717, 1.165) is 11.6 Å². The number of benzene rings is 1. The number of carbonyl (C=O) groups excluding carboxylic acids is 1. The fraction of sp³-hybridized carbons (Fsp3) is 0.400. The maximum absolute atomic E-state index is 13.1. The Labute approximate surface area is 148 Å². The zero-order valence-corrected chi connectivity index (χ0v) is 14.5. The van der Waals surface area contributed by atoms with Gasteiger partial charge in [0.15, 0.2) is 0 Å². The monoisotopic (exact) mass is 341 g/mol. The molecule has 1 aliphatic rings. The highest BCUT2D eigenvalue weighted by atomic mass is 19.1. The number of pyridine rings is 1. The summed E-state index contributed by atoms with van der Waals surface area (Å²) in [7, 11) is 2.16. The minimum atomic E-state index is -0.650. The van der Waals surface area contributed by atoms with Crippen LogP contribution >= 0.6 is 0 Å². The third-order valence-electron chi connectivity index (χ3n) is 4.91. The van der Waals surface area contributed by atoms with Crippen LogP contribution in [-0.4, -0.2) is 24.0 Å². The zero-order valence-electron chi connectivity index (χ0n) is 14.5. The van der Waals surface area contributed by atoms with Crippen molar-refractivity contribution in [1.82, 2.24) is 10.3 Å². The van der Waals surface area contributed by atoms with Crippen molar-refractivity contribution in [3.05, 3.63) is 59.7 Å². The number of nitrogens with one attached hydrogen (secondary N) is 1. The van der Waals surface area contributed by atoms with E-state index in [1.54, 1.807) is 0 Å². The molecule has 0 spiro atoms. The topological polar surface area (TPSA) is 45.2 Å². The molecule has 0 radical (unpaired) electrons. The smallest absolute Gasteiger partial charge is 0.251 e. The molecule has 1 aromatic carbocycles. The first-order valence-corrected chi connectivity index (χ1v) is 8.85. The van der Waals surface area contributed by atoms with Crippen LogP contribution in [0.2, 0.25) is 0 Å². The van der Waals surface area contributed by atoms with Crippen LogP contribution in [-0.2, 0) is 6.54 Å². The molecule has 2 aromatic rings. The molecule has 1 fully saturated rings. The molecule has 1 saturated carbocycles. The molecule has 5 heteroatoms. The molecule has 0 unspecified atom stereocenters. The molecule has 1 heterocycles. The van der Waals surface area contributed by atoms with Gasteiger partial charge in [-0.1, -0.05) is 31.4 Å². The van der Waals surface area contributed by atoms with E-state index in [1.807, 2.05) is 12.1 Å². The molecule has 3 rings (SSSR count). The van der Waals surface area contributed by atoms with Crippen LogP contribution in [0.5, 0.6) is 0 Å². The molecule has 0 bridgehead atoms. The lowest BCUT2D eigenvalue weighted by molar-refractivity contribution is 0.0950. The number of halogens is 1. The fourth-order valence-corrected chi connectivity index (χ4v) is 3.36. The van der Waals surface area contributed by atoms with Crippen LogP contribution in [0.25, 0.3) is 0 Å². The van der Waals surface area contributed by atoms with Crippen LogP contribution in [0.1, 0.15) is 48.0 Å². The molecule has 1 amide bonds. The Hall–Kier alpha value is -2.43. The Morgan fingerprint density at radius 1 is 1.20 bits per heavy atom. The van der Waals surface area contributed by atoms with Gasteiger partial charge in [-0.2, -0.15) is 4.39 Å². The number of hydrogen-bond donors (Lipinski definition) is 1. The number of hydrogen-bond acceptors (Lipinski definition) is 3. The predicted molar refractivity (Wildman–Crippen MR) is 97.1 cm³/mol. The van der Waals surface area contributed by atoms with Gasteiger partial charge in [0.25, 0.3) is 5.91 Å². The standard InChI is InChI=1S/C20H24FN3O/c1-24(17-5-3-2-4-6-17)18-9-7-15(8-10-18)14-23-20(25)16-11-12-22-19(21)13-16/h7-13,17H,2-6,14H2,1H3,(H,23,25). The molecule has 0 saturated heterocycles. The predicted octanol–water partition coefficient (Wildman–Crippen LogP) is 3.92. The van der Waals surface area contributed by atoms with E-state index in [1.165, 1.54) is 50.1 Å². The van der Waals surface area contributed by atoms with Gasteiger partial charge in [-0.05, 0) is 36.6 Å². The van der Waals surface area contributed by atoms with E-state index in [4.69, 9.17) is 0 Å². The van der Waals surface area contributed by atoms with E-state index in [9.17, 15) is 9.18 Å². The molecule has 0 atom stereocenters. The van der Waals surface area contributed by atoms with E-state index in [0.29, 0.717) is 12.6 Å². The van der Waals surface area contributed by atoms with E-state index >= 15 is 0 Å². The molecule has 4 nitrogen and oxygen atoms in total. The first kappa shape index (κ1) is 17.4. The number of rotatable bonds is 5. The minimum absolute atomic E-state index is 0.279. The Balaban J connectivity index is 1.56. The summed E-state index contributed by atoms with van der Waals surface area (Å²) in [5, 5.41) is 2.81. The zero-order chi connectivity index (χ0) is 17.6. The maximum atomic E-state index is 13.1. The molecule has 1 aromatic heterocycles. The summed E-state index contributed by atoms with van der Waals surface area (Å²) in [6, 6.07) is 11.5. The second-order valence-corrected chi connectivity index (χ2v) is 6.62. The highest BCUT2D eigenvalue weighted by Gasteiger charge is 2.18. The average molecular weight is 341 g/mol. The second-order valence-electron chi connectivity index (χ2n) is 6.62. The first-order chi connectivity index (χ1) is 12.1. The van der Waals surface area contributed by atoms with Crippen molar-refractivity contribution < 1.29 is 9.18 Å². The normalized spacial score (nSPS) is 15.0. The number of nitrogens with zero attached hydrogens (tertiary/aromatic N) is 2. The Morgan fingerprint density at radius 3 is 2.60 bits per heavy atom. The second kappa shape index (κ2) is 8.10. The number of aromatic nitrogens is 1. The summed E-state index contributed by atoms with van der Waals surface area (Å²) in [5.41, 5.74) is 2.50. The van der Waals surface area contributed by atoms with Crippen molar-refractivity contribution in [1.29, 1.82) is 0 Å². The van der Waals surface area contributed by atoms with Crippen LogP contribution in [0.4, 0.5) is 10.1 Å². The van der Waals surface area contributed by atoms with Gasteiger partial charge < -0.3 is 10.2 Å². The number of carbonyl (C=O) groups is 1. The van der Waals surface area contributed by atoms with Crippen LogP contribution in [0, 0.1) is 5.95 Å². The summed E-state index contributed by atoms with van der Waals surface area (Å²) in [6.07, 6.45) is 7.79. The van der Waals surface area contributed by atoms with Gasteiger partial charge in [-0.3, -0.25) is 4.79 Å². The molecule has 1 N–H and O–H groups in total. The first-order valence-electron chi connectivity index (χ1n) is 8.85. The summed E-state index contributed by atoms with van der Waals surface area (Å²) < 4.78 is 13.1. The number of anilines is 1. The van der Waals surface area contributed by atoms with Crippen LogP contribution in [0.3, 0.4) is 0 Å². The summed E-state index contributed by atoms with van der Waals surface area (Å²) in [4.78, 5) is 17.9. The summed E-state index contributed by atoms with van der Waals surface area (Å²) in [5.74, 6) is -0.951. The van der Waals surface area contributed by atoms with Gasteiger partial charge in [0.05, 0.1) is 0 Å². The largest absolute Gasteiger partial charge is 0.372 e. The summed E-state index contributed by atoms with van der Waals surface area (Å²) in [6.45, 7) is 0.413. The quantitative estimate of drug-likeness (QED) is 0.839. The highest BCUT2D eigenvalue weighted by molar-refractivity contribution is 5.93. The van der Waals surface area contributed by atoms with Crippen molar-refractivity contribution in [2.75, 3.05) is 11.9 Å². The van der Waals surface area contributed by atoms with Gasteiger partial charge in [0, 0.05) is 43.1 Å². The average Bonchev–Trinajstić information content (AvgIpc) is 2.66. The van der Waals surface area contributed by atoms with Crippen molar-refractivity contribution in [3.63, 3.8) is 0 Å². The number of amides is 1. The lowest BCUT2D eigenvalue weighted by atomic mass is 9.94. The molecule has 0 aliphatic heterocycles. The van der Waals surface area contributed by atoms with Crippen molar-refractivity contribution in [3.8, 4) is 0 Å². The fourth-order valence-electron chi connectivity index (χ4n) is 3.36. The third kappa shape index (κ3) is 4.56. The highest BCUT2D eigenvalue weighted by Crippen LogP contribution is 2.26. The maximum Gasteiger partial charge on any atom is 0.251 e. The molecular formula is C20H24FN3O. The third-order valence-corrected chi connectivity index (χ3v) is 4.91. The van der Waals surface area contributed by atoms with E-state index < -0.39 is 5.95 Å². The van der Waals surface area contributed by atoms with E-state index in [-0.39, 0.29) is 11.5 Å². The van der Waals surface area contributed by atoms with Crippen molar-refractivity contribution in [2.24, 2.45) is 0 Å². The van der Waals surface area contributed by atoms with Crippen LogP contribution < -0.4 is 10.2 Å². The van der Waals surface area contributed by atoms with Crippen molar-refractivity contribution >= 4 is 11.6 Å². The van der Waals surface area contributed by atoms with Gasteiger partial charge in [-0.15, -0.1) is 0 Å². The summed E-state index contributed by atoms with van der Waals surface area (Å²) >= 11 is 0. The molecular weight excluding hydrogens is 317 g/mol. The van der Waals surface area contributed by atoms with Gasteiger partial charge in [0.2, 0.25) is 5.95 Å². The van der Waals surface area contributed by atoms with Gasteiger partial charge in [0.1, 0.15) is 0 Å². The SMILES string of the molecule is CN(c1ccc(CNC(=O)c2ccnc(F)c2)cc1)C1CCCCC1. The lowest BCUT2D eigenvalue weighted by Crippen LogP contribution is -2.33. The van der Waals surface area contributed by atoms with Gasteiger partial charge in [-0.25, -0.2) is 4.98 Å². The molecule has 25 heavy (non-hydrogen) atoms.